The van der Waals surface area contributed by atoms with Crippen molar-refractivity contribution in [2.45, 2.75) is 31.7 Å². The Bertz CT molecular complexity index is 1830. The van der Waals surface area contributed by atoms with Gasteiger partial charge in [0.2, 0.25) is 0 Å². The second kappa shape index (κ2) is 17.8. The zero-order valence-electron chi connectivity index (χ0n) is 28.9. The van der Waals surface area contributed by atoms with Crippen molar-refractivity contribution < 1.29 is 0 Å². The molecular weight excluding hydrogens is 782 g/mol. The largest absolute Gasteiger partial charge is 0.341 e. The molecule has 9 heteroatoms. The highest BCUT2D eigenvalue weighted by atomic mass is 36.0. The fraction of sp³-hybridized carbons (Fsp3) is 0.163. The first-order chi connectivity index (χ1) is 25.0. The molecule has 0 atom stereocenters. The molecule has 0 aliphatic carbocycles. The lowest BCUT2D eigenvalue weighted by Crippen LogP contribution is -2.10. The monoisotopic (exact) mass is 820 g/mol. The molecule has 0 aromatic heterocycles. The molecule has 0 spiro atoms. The highest BCUT2D eigenvalue weighted by Gasteiger charge is 2.24. The second-order valence-corrected chi connectivity index (χ2v) is 28.9. The summed E-state index contributed by atoms with van der Waals surface area (Å²) >= 11 is 18.3. The molecule has 0 radical (unpaired) electrons. The van der Waals surface area contributed by atoms with Crippen LogP contribution >= 0.6 is 63.1 Å². The number of hydrogen-bond acceptors (Lipinski definition) is 2. The van der Waals surface area contributed by atoms with Crippen molar-refractivity contribution in [2.75, 3.05) is 21.8 Å². The van der Waals surface area contributed by atoms with E-state index in [9.17, 15) is 0 Å². The van der Waals surface area contributed by atoms with Crippen LogP contribution in [0.2, 0.25) is 6.04 Å². The fourth-order valence-corrected chi connectivity index (χ4v) is 9.39. The van der Waals surface area contributed by atoms with Gasteiger partial charge in [-0.3, -0.25) is 0 Å². The molecule has 0 saturated heterocycles. The zero-order valence-corrected chi connectivity index (χ0v) is 34.5. The molecule has 6 aromatic rings. The molecule has 0 aliphatic heterocycles. The number of hydrogen-bond donors (Lipinski definition) is 0. The predicted molar refractivity (Wildman–Crippen MR) is 236 cm³/mol. The van der Waals surface area contributed by atoms with Gasteiger partial charge in [-0.05, 0) is 133 Å². The van der Waals surface area contributed by atoms with E-state index in [1.165, 1.54) is 11.1 Å². The summed E-state index contributed by atoms with van der Waals surface area (Å²) in [4.78, 5) is 4.57. The molecule has 268 valence electrons. The van der Waals surface area contributed by atoms with Crippen LogP contribution in [0, 0.1) is 0 Å². The first-order valence-corrected chi connectivity index (χ1v) is 26.4. The summed E-state index contributed by atoms with van der Waals surface area (Å²) < 4.78 is 0. The van der Waals surface area contributed by atoms with E-state index in [2.05, 4.69) is 155 Å². The number of nitrogens with zero attached hydrogens (tertiary/aromatic N) is 2. The molecule has 0 unspecified atom stereocenters. The molecule has 52 heavy (non-hydrogen) atoms. The summed E-state index contributed by atoms with van der Waals surface area (Å²) in [6, 6.07) is 54.1. The van der Waals surface area contributed by atoms with Crippen molar-refractivity contribution in [1.29, 1.82) is 0 Å². The summed E-state index contributed by atoms with van der Waals surface area (Å²) in [5.74, 6) is 0.839. The van der Waals surface area contributed by atoms with Gasteiger partial charge in [0, 0.05) is 39.9 Å². The van der Waals surface area contributed by atoms with Gasteiger partial charge in [-0.15, -0.1) is 33.2 Å². The van der Waals surface area contributed by atoms with Gasteiger partial charge < -0.3 is 9.80 Å². The molecule has 0 aliphatic rings. The first-order valence-electron chi connectivity index (χ1n) is 17.3. The van der Waals surface area contributed by atoms with Crippen molar-refractivity contribution in [2.24, 2.45) is 0 Å². The Labute approximate surface area is 334 Å². The number of aryl methyl sites for hydroxylation is 2. The molecular formula is C43H41Cl5N2SSi. The average molecular weight is 823 g/mol. The van der Waals surface area contributed by atoms with Crippen molar-refractivity contribution in [3.05, 3.63) is 169 Å². The van der Waals surface area contributed by atoms with Crippen molar-refractivity contribution in [3.8, 4) is 11.1 Å². The standard InChI is InChI=1S/C43H41Cl5N2SSi/c1-51(44,45)32-8-10-34-16-24-40(25-17-34)49(38-12-4-2-5-13-38)42-28-20-36(21-29-42)37-22-30-43(31-23-37)50(39-14-6-3-7-15-39)41-26-18-35(19-27-41)11-9-33-52(46,47)48/h2-7,12-31H,8-11,32-33H2,1H3. The summed E-state index contributed by atoms with van der Waals surface area (Å²) in [7, 11) is 11.0. The molecule has 6 rings (SSSR count). The molecule has 6 aromatic carbocycles. The van der Waals surface area contributed by atoms with Crippen LogP contribution in [-0.2, 0) is 12.8 Å². The number of para-hydroxylation sites is 2. The van der Waals surface area contributed by atoms with Gasteiger partial charge in [0.05, 0.1) is 0 Å². The van der Waals surface area contributed by atoms with Crippen LogP contribution < -0.4 is 9.80 Å². The highest BCUT2D eigenvalue weighted by molar-refractivity contribution is 8.65. The van der Waals surface area contributed by atoms with E-state index in [-0.39, 0.29) is 0 Å². The zero-order chi connectivity index (χ0) is 36.6. The summed E-state index contributed by atoms with van der Waals surface area (Å²) in [5.41, 5.74) is 11.4. The van der Waals surface area contributed by atoms with Crippen LogP contribution in [0.3, 0.4) is 0 Å². The third-order valence-corrected chi connectivity index (χ3v) is 13.4. The molecule has 0 saturated carbocycles. The van der Waals surface area contributed by atoms with E-state index in [0.29, 0.717) is 6.04 Å². The Balaban J connectivity index is 1.21. The van der Waals surface area contributed by atoms with Gasteiger partial charge in [-0.1, -0.05) is 115 Å². The van der Waals surface area contributed by atoms with Gasteiger partial charge >= 0.3 is 6.00 Å². The lowest BCUT2D eigenvalue weighted by molar-refractivity contribution is 0.914. The van der Waals surface area contributed by atoms with E-state index in [4.69, 9.17) is 54.6 Å². The maximum Gasteiger partial charge on any atom is 0.341 e. The second-order valence-electron chi connectivity index (χ2n) is 12.9. The van der Waals surface area contributed by atoms with Crippen LogP contribution in [0.5, 0.6) is 0 Å². The number of rotatable bonds is 15. The van der Waals surface area contributed by atoms with Gasteiger partial charge in [-0.25, -0.2) is 0 Å². The maximum absolute atomic E-state index is 6.28. The Morgan fingerprint density at radius 3 is 1.12 bits per heavy atom. The number of benzene rings is 6. The molecule has 2 nitrogen and oxygen atoms in total. The Kier molecular flexibility index (Phi) is 13.3. The fourth-order valence-electron chi connectivity index (χ4n) is 6.30. The van der Waals surface area contributed by atoms with E-state index in [1.807, 2.05) is 18.4 Å². The van der Waals surface area contributed by atoms with Gasteiger partial charge in [-0.2, -0.15) is 0 Å². The number of halogens is 5. The minimum absolute atomic E-state index is 0.663. The minimum atomic E-state index is -2.60. The minimum Gasteiger partial charge on any atom is -0.311 e. The van der Waals surface area contributed by atoms with Crippen LogP contribution in [0.15, 0.2) is 158 Å². The van der Waals surface area contributed by atoms with Gasteiger partial charge in [0.1, 0.15) is 0 Å². The van der Waals surface area contributed by atoms with Crippen molar-refractivity contribution in [3.63, 3.8) is 0 Å². The van der Waals surface area contributed by atoms with Crippen molar-refractivity contribution in [1.82, 2.24) is 0 Å². The van der Waals surface area contributed by atoms with Crippen LogP contribution in [0.1, 0.15) is 24.0 Å². The molecule has 0 amide bonds. The number of anilines is 6. The van der Waals surface area contributed by atoms with E-state index in [1.54, 1.807) is 0 Å². The smallest absolute Gasteiger partial charge is 0.311 e. The SMILES string of the molecule is CS(Cl)(Cl)CCCc1ccc(N(c2ccccc2)c2ccc(-c3ccc(N(c4ccccc4)c4ccc(CCC[Si](Cl)(Cl)Cl)cc4)cc3)cc2)cc1. The van der Waals surface area contributed by atoms with Crippen LogP contribution in [0.25, 0.3) is 11.1 Å². The normalized spacial score (nSPS) is 12.0. The third-order valence-electron chi connectivity index (χ3n) is 8.90. The molecule has 0 N–H and O–H groups in total. The molecule has 0 heterocycles. The van der Waals surface area contributed by atoms with Crippen LogP contribution in [-0.4, -0.2) is 18.0 Å². The quantitative estimate of drug-likeness (QED) is 0.0752. The predicted octanol–water partition coefficient (Wildman–Crippen LogP) is 15.6. The Morgan fingerprint density at radius 2 is 0.769 bits per heavy atom. The highest BCUT2D eigenvalue weighted by Crippen LogP contribution is 2.55. The van der Waals surface area contributed by atoms with Crippen molar-refractivity contribution >= 4 is 103 Å². The topological polar surface area (TPSA) is 6.48 Å². The average Bonchev–Trinajstić information content (AvgIpc) is 3.14. The molecule has 0 bridgehead atoms. The summed E-state index contributed by atoms with van der Waals surface area (Å²) in [6.45, 7) is 0. The van der Waals surface area contributed by atoms with Gasteiger partial charge in [0.25, 0.3) is 0 Å². The van der Waals surface area contributed by atoms with E-state index >= 15 is 0 Å². The summed E-state index contributed by atoms with van der Waals surface area (Å²) in [6.07, 6.45) is 5.62. The Hall–Kier alpha value is -3.06. The maximum atomic E-state index is 6.28. The van der Waals surface area contributed by atoms with Gasteiger partial charge in [0.15, 0.2) is 0 Å². The Morgan fingerprint density at radius 1 is 0.442 bits per heavy atom. The third kappa shape index (κ3) is 11.0. The first kappa shape index (κ1) is 38.7. The lowest BCUT2D eigenvalue weighted by Gasteiger charge is -2.26. The summed E-state index contributed by atoms with van der Waals surface area (Å²) in [5, 5.41) is 0. The molecule has 0 fully saturated rings. The van der Waals surface area contributed by atoms with E-state index in [0.717, 1.165) is 76.7 Å². The van der Waals surface area contributed by atoms with Crippen LogP contribution in [0.4, 0.5) is 34.1 Å². The lowest BCUT2D eigenvalue weighted by atomic mass is 10.0. The van der Waals surface area contributed by atoms with E-state index < -0.39 is 14.5 Å².